The number of allylic oxidation sites excluding steroid dienone is 3. The standard InChI is InChI=1S/C78H75BN4O/c1-75(2,3)58-39-40-67(63(48-58)54-34-23-16-24-35-54)83-73-71(81-74(83)64-49-60(77(7,8)9)50-65(72(64)84)78(10,11)12)69(57-44-56(45-59(46-57)76(4,5)6)66-47-55(41-42-80-66)51-28-17-13-18-29-51)68-38-25-26-43-82(68)79(73)70-61(52-30-19-14-20-31-52)36-27-37-62(70)53-32-21-15-22-33-53/h13-50,84H,1-12H3. The van der Waals surface area contributed by atoms with Crippen molar-refractivity contribution in [1.29, 1.82) is 0 Å². The highest BCUT2D eigenvalue weighted by atomic mass is 16.3. The van der Waals surface area contributed by atoms with Crippen molar-refractivity contribution in [2.75, 3.05) is 0 Å². The number of aromatic hydroxyl groups is 1. The molecule has 0 fully saturated rings. The molecule has 12 rings (SSSR count). The minimum Gasteiger partial charge on any atom is -0.507 e. The summed E-state index contributed by atoms with van der Waals surface area (Å²) in [5.41, 5.74) is 21.7. The van der Waals surface area contributed by atoms with Gasteiger partial charge in [-0.05, 0) is 149 Å². The van der Waals surface area contributed by atoms with Crippen molar-refractivity contribution >= 4 is 23.5 Å². The van der Waals surface area contributed by atoms with Crippen LogP contribution in [0.25, 0.3) is 78.4 Å². The summed E-state index contributed by atoms with van der Waals surface area (Å²) in [7, 11) is 0. The maximum absolute atomic E-state index is 13.4. The Bertz CT molecular complexity index is 4160. The Morgan fingerprint density at radius 3 is 1.54 bits per heavy atom. The van der Waals surface area contributed by atoms with Crippen molar-refractivity contribution in [3.05, 3.63) is 270 Å². The van der Waals surface area contributed by atoms with Crippen molar-refractivity contribution in [2.45, 2.75) is 105 Å². The molecule has 2 aliphatic heterocycles. The second-order valence-electron chi connectivity index (χ2n) is 26.9. The van der Waals surface area contributed by atoms with E-state index in [1.165, 1.54) is 11.1 Å². The van der Waals surface area contributed by atoms with E-state index in [-0.39, 0.29) is 22.0 Å². The van der Waals surface area contributed by atoms with Crippen molar-refractivity contribution in [2.24, 2.45) is 0 Å². The Balaban J connectivity index is 1.30. The van der Waals surface area contributed by atoms with E-state index in [0.717, 1.165) is 106 Å². The van der Waals surface area contributed by atoms with Gasteiger partial charge in [0.05, 0.1) is 22.6 Å². The molecule has 0 amide bonds. The van der Waals surface area contributed by atoms with Crippen LogP contribution < -0.4 is 11.1 Å². The zero-order valence-corrected chi connectivity index (χ0v) is 50.8. The number of hydrogen-bond acceptors (Lipinski definition) is 4. The number of aromatic nitrogens is 3. The van der Waals surface area contributed by atoms with Crippen LogP contribution in [0.2, 0.25) is 0 Å². The predicted molar refractivity (Wildman–Crippen MR) is 354 cm³/mol. The van der Waals surface area contributed by atoms with Gasteiger partial charge in [0, 0.05) is 39.8 Å². The third-order valence-electron chi connectivity index (χ3n) is 16.8. The Morgan fingerprint density at radius 2 is 0.964 bits per heavy atom. The van der Waals surface area contributed by atoms with Crippen LogP contribution in [-0.4, -0.2) is 31.3 Å². The smallest absolute Gasteiger partial charge is 0.349 e. The highest BCUT2D eigenvalue weighted by molar-refractivity contribution is 6.86. The number of phenolic OH excluding ortho intramolecular Hbond substituents is 1. The van der Waals surface area contributed by atoms with Crippen LogP contribution in [-0.2, 0) is 21.7 Å². The van der Waals surface area contributed by atoms with Gasteiger partial charge in [-0.25, -0.2) is 4.98 Å². The van der Waals surface area contributed by atoms with Gasteiger partial charge >= 0.3 is 6.85 Å². The summed E-state index contributed by atoms with van der Waals surface area (Å²) in [6, 6.07) is 72.6. The van der Waals surface area contributed by atoms with Gasteiger partial charge in [-0.1, -0.05) is 247 Å². The fourth-order valence-electron chi connectivity index (χ4n) is 12.2. The van der Waals surface area contributed by atoms with Crippen LogP contribution in [0.1, 0.15) is 117 Å². The SMILES string of the molecule is CC(C)(C)c1cc(C2=C3C=CC=CN3B(c3c(-c4ccccc4)cccc3-c3ccccc3)c3c2nc(-c2cc(C(C)(C)C)cc(C(C)(C)C)c2O)n3-c2ccc(C(C)(C)C)cc2-c2ccccc2)cc(-c2cc(-c3ccccc3)ccn2)c1. The van der Waals surface area contributed by atoms with Gasteiger partial charge in [0.15, 0.2) is 0 Å². The molecule has 416 valence electrons. The highest BCUT2D eigenvalue weighted by Crippen LogP contribution is 2.47. The van der Waals surface area contributed by atoms with Gasteiger partial charge in [-0.2, -0.15) is 0 Å². The van der Waals surface area contributed by atoms with Crippen molar-refractivity contribution in [3.63, 3.8) is 0 Å². The van der Waals surface area contributed by atoms with Gasteiger partial charge in [-0.3, -0.25) is 4.98 Å². The molecule has 0 saturated heterocycles. The van der Waals surface area contributed by atoms with E-state index in [1.807, 2.05) is 6.20 Å². The van der Waals surface area contributed by atoms with E-state index >= 15 is 0 Å². The Labute approximate surface area is 498 Å². The van der Waals surface area contributed by atoms with E-state index in [4.69, 9.17) is 9.97 Å². The van der Waals surface area contributed by atoms with Gasteiger partial charge < -0.3 is 14.5 Å². The largest absolute Gasteiger partial charge is 0.507 e. The Morgan fingerprint density at radius 1 is 0.429 bits per heavy atom. The number of fused-ring (bicyclic) bond motifs is 2. The lowest BCUT2D eigenvalue weighted by atomic mass is 9.45. The summed E-state index contributed by atoms with van der Waals surface area (Å²) >= 11 is 0. The minimum absolute atomic E-state index is 0.164. The van der Waals surface area contributed by atoms with E-state index < -0.39 is 12.3 Å². The molecule has 0 bridgehead atoms. The van der Waals surface area contributed by atoms with Crippen LogP contribution in [0.5, 0.6) is 5.75 Å². The quantitative estimate of drug-likeness (QED) is 0.146. The molecular formula is C78H75BN4O. The van der Waals surface area contributed by atoms with Crippen LogP contribution in [0.4, 0.5) is 0 Å². The second-order valence-corrected chi connectivity index (χ2v) is 26.9. The van der Waals surface area contributed by atoms with Crippen LogP contribution in [0, 0.1) is 0 Å². The Kier molecular flexibility index (Phi) is 14.1. The molecule has 6 heteroatoms. The predicted octanol–water partition coefficient (Wildman–Crippen LogP) is 18.4. The van der Waals surface area contributed by atoms with Gasteiger partial charge in [0.1, 0.15) is 11.6 Å². The van der Waals surface area contributed by atoms with Gasteiger partial charge in [0.2, 0.25) is 0 Å². The maximum Gasteiger partial charge on any atom is 0.349 e. The molecule has 1 N–H and O–H groups in total. The van der Waals surface area contributed by atoms with Crippen molar-refractivity contribution in [1.82, 2.24) is 19.3 Å². The molecule has 5 nitrogen and oxygen atoms in total. The first-order valence-electron chi connectivity index (χ1n) is 29.6. The van der Waals surface area contributed by atoms with Crippen molar-refractivity contribution < 1.29 is 5.11 Å². The molecule has 2 aromatic heterocycles. The lowest BCUT2D eigenvalue weighted by Gasteiger charge is -2.39. The molecule has 0 atom stereocenters. The first kappa shape index (κ1) is 55.5. The van der Waals surface area contributed by atoms with E-state index in [9.17, 15) is 5.11 Å². The molecular weight excluding hydrogens is 1020 g/mol. The van der Waals surface area contributed by atoms with Gasteiger partial charge in [-0.15, -0.1) is 0 Å². The average molecular weight is 1100 g/mol. The van der Waals surface area contributed by atoms with E-state index in [2.05, 4.69) is 317 Å². The van der Waals surface area contributed by atoms with Crippen molar-refractivity contribution in [3.8, 4) is 78.6 Å². The summed E-state index contributed by atoms with van der Waals surface area (Å²) in [5.74, 6) is 0.888. The first-order chi connectivity index (χ1) is 40.1. The van der Waals surface area contributed by atoms with Crippen LogP contribution in [0.15, 0.2) is 237 Å². The monoisotopic (exact) mass is 1090 g/mol. The fourth-order valence-corrected chi connectivity index (χ4v) is 12.2. The first-order valence-corrected chi connectivity index (χ1v) is 29.6. The zero-order valence-electron chi connectivity index (χ0n) is 50.8. The summed E-state index contributed by atoms with van der Waals surface area (Å²) in [6.45, 7) is 26.6. The molecule has 8 aromatic carbocycles. The normalized spacial score (nSPS) is 13.6. The third kappa shape index (κ3) is 10.4. The molecule has 0 unspecified atom stereocenters. The number of phenols is 1. The molecule has 2 aliphatic rings. The topological polar surface area (TPSA) is 54.2 Å². The van der Waals surface area contributed by atoms with Crippen LogP contribution >= 0.6 is 0 Å². The van der Waals surface area contributed by atoms with E-state index in [0.29, 0.717) is 11.4 Å². The molecule has 4 heterocycles. The number of imidazole rings is 1. The second kappa shape index (κ2) is 21.3. The van der Waals surface area contributed by atoms with Gasteiger partial charge in [0.25, 0.3) is 0 Å². The molecule has 0 saturated carbocycles. The maximum atomic E-state index is 13.4. The third-order valence-corrected chi connectivity index (χ3v) is 16.8. The minimum atomic E-state index is -0.483. The molecule has 84 heavy (non-hydrogen) atoms. The highest BCUT2D eigenvalue weighted by Gasteiger charge is 2.46. The summed E-state index contributed by atoms with van der Waals surface area (Å²) < 4.78 is 2.45. The number of hydrogen-bond donors (Lipinski definition) is 1. The lowest BCUT2D eigenvalue weighted by Crippen LogP contribution is -2.60. The summed E-state index contributed by atoms with van der Waals surface area (Å²) in [6.07, 6.45) is 10.8. The molecule has 10 aromatic rings. The molecule has 0 aliphatic carbocycles. The fraction of sp³-hybridized carbons (Fsp3) is 0.205. The molecule has 0 spiro atoms. The number of nitrogens with zero attached hydrogens (tertiary/aromatic N) is 4. The summed E-state index contributed by atoms with van der Waals surface area (Å²) in [4.78, 5) is 13.9. The molecule has 0 radical (unpaired) electrons. The Hall–Kier alpha value is -9.00. The number of rotatable bonds is 9. The average Bonchev–Trinajstić information content (AvgIpc) is 1.49. The zero-order chi connectivity index (χ0) is 58.9. The number of benzene rings is 8. The van der Waals surface area contributed by atoms with Crippen LogP contribution in [0.3, 0.4) is 0 Å². The summed E-state index contributed by atoms with van der Waals surface area (Å²) in [5, 5.41) is 13.4. The number of pyridine rings is 1. The lowest BCUT2D eigenvalue weighted by molar-refractivity contribution is 0.446. The van der Waals surface area contributed by atoms with E-state index in [1.54, 1.807) is 0 Å².